The average molecular weight is 513 g/mol. The number of rotatable bonds is 10. The normalized spacial score (nSPS) is 11.2. The number of carbonyl (C=O) groups excluding carboxylic acids is 1. The molecule has 0 aliphatic carbocycles. The summed E-state index contributed by atoms with van der Waals surface area (Å²) < 4.78 is 20.9. The Labute approximate surface area is 218 Å². The van der Waals surface area contributed by atoms with Crippen LogP contribution in [0, 0.1) is 5.82 Å². The minimum atomic E-state index is -0.431. The third kappa shape index (κ3) is 5.60. The topological polar surface area (TPSA) is 69.9 Å². The molecule has 6 nitrogen and oxygen atoms in total. The molecular formula is C29H25FN4O2S. The maximum Gasteiger partial charge on any atom is 0.191 e. The summed E-state index contributed by atoms with van der Waals surface area (Å²) in [5, 5.41) is 10.6. The lowest BCUT2D eigenvalue weighted by atomic mass is 10.0. The van der Waals surface area contributed by atoms with Crippen molar-refractivity contribution in [2.75, 3.05) is 19.5 Å². The summed E-state index contributed by atoms with van der Waals surface area (Å²) in [7, 11) is 1.67. The van der Waals surface area contributed by atoms with E-state index in [-0.39, 0.29) is 11.5 Å². The van der Waals surface area contributed by atoms with Crippen LogP contribution < -0.4 is 0 Å². The number of aromatic nitrogens is 4. The van der Waals surface area contributed by atoms with Gasteiger partial charge in [-0.15, -0.1) is 10.2 Å². The summed E-state index contributed by atoms with van der Waals surface area (Å²) >= 11 is 1.30. The van der Waals surface area contributed by atoms with Gasteiger partial charge in [-0.2, -0.15) is 0 Å². The number of methoxy groups -OCH3 is 1. The van der Waals surface area contributed by atoms with Gasteiger partial charge in [0.05, 0.1) is 17.0 Å². The van der Waals surface area contributed by atoms with E-state index >= 15 is 0 Å². The Morgan fingerprint density at radius 3 is 2.59 bits per heavy atom. The fraction of sp³-hybridized carbons (Fsp3) is 0.172. The third-order valence-corrected chi connectivity index (χ3v) is 6.92. The molecule has 2 heterocycles. The molecular weight excluding hydrogens is 487 g/mol. The molecule has 186 valence electrons. The van der Waals surface area contributed by atoms with Crippen molar-refractivity contribution in [2.45, 2.75) is 18.1 Å². The first-order chi connectivity index (χ1) is 18.1. The van der Waals surface area contributed by atoms with Crippen LogP contribution in [-0.2, 0) is 11.3 Å². The predicted octanol–water partition coefficient (Wildman–Crippen LogP) is 6.31. The van der Waals surface area contributed by atoms with Crippen LogP contribution >= 0.6 is 11.8 Å². The molecule has 0 unspecified atom stereocenters. The van der Waals surface area contributed by atoms with E-state index in [2.05, 4.69) is 10.2 Å². The van der Waals surface area contributed by atoms with Crippen LogP contribution in [0.5, 0.6) is 0 Å². The smallest absolute Gasteiger partial charge is 0.191 e. The van der Waals surface area contributed by atoms with E-state index in [0.717, 1.165) is 34.1 Å². The van der Waals surface area contributed by atoms with Crippen LogP contribution in [0.1, 0.15) is 16.8 Å². The van der Waals surface area contributed by atoms with Crippen molar-refractivity contribution in [1.82, 2.24) is 19.7 Å². The zero-order valence-corrected chi connectivity index (χ0v) is 21.1. The second kappa shape index (κ2) is 11.5. The lowest BCUT2D eigenvalue weighted by Gasteiger charge is -2.13. The van der Waals surface area contributed by atoms with Gasteiger partial charge in [0.15, 0.2) is 16.8 Å². The molecule has 0 aliphatic heterocycles. The number of carbonyl (C=O) groups is 1. The molecule has 0 saturated carbocycles. The van der Waals surface area contributed by atoms with Crippen LogP contribution in [0.2, 0.25) is 0 Å². The summed E-state index contributed by atoms with van der Waals surface area (Å²) in [6.07, 6.45) is 0.751. The molecule has 0 spiro atoms. The van der Waals surface area contributed by atoms with E-state index < -0.39 is 5.82 Å². The molecule has 3 aromatic carbocycles. The van der Waals surface area contributed by atoms with Gasteiger partial charge in [-0.25, -0.2) is 9.37 Å². The molecule has 0 aliphatic rings. The lowest BCUT2D eigenvalue weighted by Crippen LogP contribution is -2.08. The number of pyridine rings is 1. The van der Waals surface area contributed by atoms with Gasteiger partial charge >= 0.3 is 0 Å². The highest BCUT2D eigenvalue weighted by Crippen LogP contribution is 2.33. The standard InChI is InChI=1S/C29H25FN4O2S/c1-36-16-8-15-34-28(32-33-29(34)37-19-27(35)21-11-7-12-22(30)17-21)24-18-26(20-9-3-2-4-10-20)31-25-14-6-5-13-23(24)25/h2-7,9-14,17-18H,8,15-16,19H2,1H3. The fourth-order valence-electron chi connectivity index (χ4n) is 4.16. The zero-order valence-electron chi connectivity index (χ0n) is 20.3. The van der Waals surface area contributed by atoms with Gasteiger partial charge in [-0.3, -0.25) is 4.79 Å². The third-order valence-electron chi connectivity index (χ3n) is 5.95. The number of Topliss-reactive ketones (excluding diaryl/α,β-unsaturated/α-hetero) is 1. The molecule has 37 heavy (non-hydrogen) atoms. The molecule has 0 atom stereocenters. The number of benzene rings is 3. The molecule has 0 fully saturated rings. The second-order valence-electron chi connectivity index (χ2n) is 8.46. The van der Waals surface area contributed by atoms with Crippen molar-refractivity contribution in [3.05, 3.63) is 96.3 Å². The monoisotopic (exact) mass is 512 g/mol. The number of ketones is 1. The molecule has 5 rings (SSSR count). The summed E-state index contributed by atoms with van der Waals surface area (Å²) in [5.74, 6) is 0.226. The molecule has 0 radical (unpaired) electrons. The predicted molar refractivity (Wildman–Crippen MR) is 144 cm³/mol. The maximum absolute atomic E-state index is 13.6. The molecule has 0 N–H and O–H groups in total. The van der Waals surface area contributed by atoms with E-state index in [9.17, 15) is 9.18 Å². The molecule has 8 heteroatoms. The van der Waals surface area contributed by atoms with E-state index in [1.54, 1.807) is 13.2 Å². The number of thioether (sulfide) groups is 1. The largest absolute Gasteiger partial charge is 0.385 e. The zero-order chi connectivity index (χ0) is 25.6. The van der Waals surface area contributed by atoms with Crippen LogP contribution in [0.25, 0.3) is 33.5 Å². The minimum Gasteiger partial charge on any atom is -0.385 e. The number of hydrogen-bond donors (Lipinski definition) is 0. The summed E-state index contributed by atoms with van der Waals surface area (Å²) in [6, 6.07) is 25.8. The molecule has 0 saturated heterocycles. The number of ether oxygens (including phenoxy) is 1. The summed E-state index contributed by atoms with van der Waals surface area (Å²) in [6.45, 7) is 1.19. The number of fused-ring (bicyclic) bond motifs is 1. The van der Waals surface area contributed by atoms with Crippen molar-refractivity contribution in [2.24, 2.45) is 0 Å². The van der Waals surface area contributed by atoms with E-state index in [4.69, 9.17) is 9.72 Å². The van der Waals surface area contributed by atoms with Crippen molar-refractivity contribution in [3.8, 4) is 22.6 Å². The summed E-state index contributed by atoms with van der Waals surface area (Å²) in [4.78, 5) is 17.6. The Kier molecular flexibility index (Phi) is 7.67. The Hall–Kier alpha value is -3.88. The van der Waals surface area contributed by atoms with Gasteiger partial charge in [0, 0.05) is 42.3 Å². The number of nitrogens with zero attached hydrogens (tertiary/aromatic N) is 4. The molecule has 2 aromatic heterocycles. The summed E-state index contributed by atoms with van der Waals surface area (Å²) in [5.41, 5.74) is 3.97. The van der Waals surface area contributed by atoms with Gasteiger partial charge in [0.25, 0.3) is 0 Å². The average Bonchev–Trinajstić information content (AvgIpc) is 3.34. The quantitative estimate of drug-likeness (QED) is 0.124. The molecule has 0 amide bonds. The Morgan fingerprint density at radius 1 is 0.973 bits per heavy atom. The lowest BCUT2D eigenvalue weighted by molar-refractivity contribution is 0.102. The number of para-hydroxylation sites is 1. The van der Waals surface area contributed by atoms with E-state index in [1.165, 1.54) is 30.0 Å². The highest BCUT2D eigenvalue weighted by Gasteiger charge is 2.19. The Bertz CT molecular complexity index is 1540. The Balaban J connectivity index is 1.54. The highest BCUT2D eigenvalue weighted by atomic mass is 32.2. The first kappa shape index (κ1) is 24.8. The van der Waals surface area contributed by atoms with E-state index in [1.807, 2.05) is 65.2 Å². The highest BCUT2D eigenvalue weighted by molar-refractivity contribution is 7.99. The SMILES string of the molecule is COCCCn1c(SCC(=O)c2cccc(F)c2)nnc1-c1cc(-c2ccccc2)nc2ccccc12. The van der Waals surface area contributed by atoms with Crippen LogP contribution in [-0.4, -0.2) is 45.0 Å². The molecule has 5 aromatic rings. The van der Waals surface area contributed by atoms with Gasteiger partial charge in [-0.05, 0) is 30.7 Å². The van der Waals surface area contributed by atoms with Gasteiger partial charge < -0.3 is 9.30 Å². The van der Waals surface area contributed by atoms with E-state index in [0.29, 0.717) is 29.7 Å². The second-order valence-corrected chi connectivity index (χ2v) is 9.41. The first-order valence-electron chi connectivity index (χ1n) is 11.9. The Morgan fingerprint density at radius 2 is 1.78 bits per heavy atom. The fourth-order valence-corrected chi connectivity index (χ4v) is 5.01. The van der Waals surface area contributed by atoms with Crippen LogP contribution in [0.4, 0.5) is 4.39 Å². The van der Waals surface area contributed by atoms with Gasteiger partial charge in [-0.1, -0.05) is 72.4 Å². The van der Waals surface area contributed by atoms with Gasteiger partial charge in [0.2, 0.25) is 0 Å². The van der Waals surface area contributed by atoms with Crippen LogP contribution in [0.15, 0.2) is 90.1 Å². The van der Waals surface area contributed by atoms with Crippen LogP contribution in [0.3, 0.4) is 0 Å². The van der Waals surface area contributed by atoms with Crippen molar-refractivity contribution in [3.63, 3.8) is 0 Å². The number of hydrogen-bond acceptors (Lipinski definition) is 6. The van der Waals surface area contributed by atoms with Crippen molar-refractivity contribution >= 4 is 28.4 Å². The van der Waals surface area contributed by atoms with Crippen molar-refractivity contribution in [1.29, 1.82) is 0 Å². The number of halogens is 1. The van der Waals surface area contributed by atoms with Crippen molar-refractivity contribution < 1.29 is 13.9 Å². The maximum atomic E-state index is 13.6. The first-order valence-corrected chi connectivity index (χ1v) is 12.9. The molecule has 0 bridgehead atoms. The van der Waals surface area contributed by atoms with Gasteiger partial charge in [0.1, 0.15) is 5.82 Å². The minimum absolute atomic E-state index is 0.123.